The average molecular weight is 447 g/mol. The van der Waals surface area contributed by atoms with Crippen molar-refractivity contribution in [1.82, 2.24) is 24.8 Å². The minimum absolute atomic E-state index is 0.00632. The van der Waals surface area contributed by atoms with Gasteiger partial charge in [-0.3, -0.25) is 9.59 Å². The van der Waals surface area contributed by atoms with Crippen LogP contribution in [0.1, 0.15) is 28.7 Å². The summed E-state index contributed by atoms with van der Waals surface area (Å²) in [6, 6.07) is 19.1. The van der Waals surface area contributed by atoms with Gasteiger partial charge in [-0.2, -0.15) is 4.68 Å². The first-order chi connectivity index (χ1) is 15.4. The fourth-order valence-electron chi connectivity index (χ4n) is 3.58. The summed E-state index contributed by atoms with van der Waals surface area (Å²) in [5, 5.41) is 15.1. The second kappa shape index (κ2) is 9.19. The smallest absolute Gasteiger partial charge is 0.221 e. The molecular weight excluding hydrogens is 424 g/mol. The Morgan fingerprint density at radius 1 is 1.00 bits per heavy atom. The van der Waals surface area contributed by atoms with Crippen LogP contribution in [0.3, 0.4) is 0 Å². The van der Waals surface area contributed by atoms with Crippen LogP contribution in [0.5, 0.6) is 0 Å². The van der Waals surface area contributed by atoms with Crippen molar-refractivity contribution in [2.75, 3.05) is 11.1 Å². The largest absolute Gasteiger partial charge is 0.326 e. The summed E-state index contributed by atoms with van der Waals surface area (Å²) in [5.74, 6) is 0.0455. The highest BCUT2D eigenvalue weighted by atomic mass is 32.2. The third kappa shape index (κ3) is 4.47. The lowest BCUT2D eigenvalue weighted by atomic mass is 10.2. The van der Waals surface area contributed by atoms with Gasteiger partial charge in [0.25, 0.3) is 0 Å². The molecule has 0 radical (unpaired) electrons. The van der Waals surface area contributed by atoms with Crippen LogP contribution in [0.2, 0.25) is 0 Å². The second-order valence-corrected chi connectivity index (χ2v) is 8.21. The van der Waals surface area contributed by atoms with E-state index in [2.05, 4.69) is 25.4 Å². The molecule has 0 spiro atoms. The molecule has 0 saturated heterocycles. The lowest BCUT2D eigenvalue weighted by Gasteiger charge is -2.09. The summed E-state index contributed by atoms with van der Waals surface area (Å²) in [4.78, 5) is 24.4. The van der Waals surface area contributed by atoms with Gasteiger partial charge >= 0.3 is 0 Å². The van der Waals surface area contributed by atoms with E-state index in [1.807, 2.05) is 56.3 Å². The third-order valence-electron chi connectivity index (χ3n) is 4.93. The van der Waals surface area contributed by atoms with Crippen molar-refractivity contribution in [3.8, 4) is 11.4 Å². The number of nitrogens with zero attached hydrogens (tertiary/aromatic N) is 5. The standard InChI is InChI=1S/C23H22N6O2S/c1-15-12-21(16(2)28(15)19-9-5-4-6-10-19)22(31)14-32-23-25-26-27-29(23)20-11-7-8-18(13-20)24-17(3)30/h4-13H,14H2,1-3H3,(H,24,30). The Kier molecular flexibility index (Phi) is 6.18. The van der Waals surface area contributed by atoms with Crippen molar-refractivity contribution in [3.63, 3.8) is 0 Å². The van der Waals surface area contributed by atoms with Gasteiger partial charge < -0.3 is 9.88 Å². The molecule has 4 rings (SSSR count). The summed E-state index contributed by atoms with van der Waals surface area (Å²) in [6.45, 7) is 5.40. The first-order valence-corrected chi connectivity index (χ1v) is 11.0. The maximum Gasteiger partial charge on any atom is 0.221 e. The summed E-state index contributed by atoms with van der Waals surface area (Å²) in [5.41, 5.74) is 4.95. The fraction of sp³-hybridized carbons (Fsp3) is 0.174. The van der Waals surface area contributed by atoms with E-state index in [9.17, 15) is 9.59 Å². The zero-order chi connectivity index (χ0) is 22.7. The minimum Gasteiger partial charge on any atom is -0.326 e. The molecule has 8 nitrogen and oxygen atoms in total. The van der Waals surface area contributed by atoms with Crippen LogP contribution in [0.4, 0.5) is 5.69 Å². The number of tetrazole rings is 1. The van der Waals surface area contributed by atoms with Gasteiger partial charge in [-0.15, -0.1) is 5.10 Å². The molecule has 1 N–H and O–H groups in total. The molecule has 9 heteroatoms. The highest BCUT2D eigenvalue weighted by Crippen LogP contribution is 2.25. The molecule has 0 aliphatic rings. The number of para-hydroxylation sites is 1. The number of carbonyl (C=O) groups excluding carboxylic acids is 2. The number of carbonyl (C=O) groups is 2. The molecule has 32 heavy (non-hydrogen) atoms. The number of aryl methyl sites for hydroxylation is 1. The van der Waals surface area contributed by atoms with Crippen LogP contribution in [0.15, 0.2) is 65.8 Å². The highest BCUT2D eigenvalue weighted by Gasteiger charge is 2.18. The number of benzene rings is 2. The van der Waals surface area contributed by atoms with Crippen LogP contribution >= 0.6 is 11.8 Å². The Labute approximate surface area is 189 Å². The van der Waals surface area contributed by atoms with E-state index in [-0.39, 0.29) is 17.4 Å². The molecule has 162 valence electrons. The van der Waals surface area contributed by atoms with Gasteiger partial charge in [-0.25, -0.2) is 0 Å². The quantitative estimate of drug-likeness (QED) is 0.341. The molecule has 4 aromatic rings. The first-order valence-electron chi connectivity index (χ1n) is 10.0. The van der Waals surface area contributed by atoms with Crippen molar-refractivity contribution in [1.29, 1.82) is 0 Å². The molecule has 0 unspecified atom stereocenters. The summed E-state index contributed by atoms with van der Waals surface area (Å²) in [6.07, 6.45) is 0. The van der Waals surface area contributed by atoms with Gasteiger partial charge in [-0.05, 0) is 60.7 Å². The Balaban J connectivity index is 1.52. The fourth-order valence-corrected chi connectivity index (χ4v) is 4.35. The van der Waals surface area contributed by atoms with Crippen LogP contribution in [-0.2, 0) is 4.79 Å². The number of Topliss-reactive ketones (excluding diaryl/α,β-unsaturated/α-hetero) is 1. The number of amides is 1. The number of hydrogen-bond acceptors (Lipinski definition) is 6. The number of aromatic nitrogens is 5. The number of ketones is 1. The van der Waals surface area contributed by atoms with E-state index in [0.29, 0.717) is 22.1 Å². The average Bonchev–Trinajstić information content (AvgIpc) is 3.36. The molecule has 2 aromatic heterocycles. The maximum absolute atomic E-state index is 13.0. The lowest BCUT2D eigenvalue weighted by molar-refractivity contribution is -0.114. The summed E-state index contributed by atoms with van der Waals surface area (Å²) >= 11 is 1.27. The number of rotatable bonds is 7. The topological polar surface area (TPSA) is 94.7 Å². The predicted octanol–water partition coefficient (Wildman–Crippen LogP) is 4.00. The van der Waals surface area contributed by atoms with Crippen LogP contribution in [0.25, 0.3) is 11.4 Å². The van der Waals surface area contributed by atoms with Gasteiger partial charge in [-0.1, -0.05) is 36.0 Å². The van der Waals surface area contributed by atoms with Crippen molar-refractivity contribution < 1.29 is 9.59 Å². The molecular formula is C23H22N6O2S. The first kappa shape index (κ1) is 21.5. The van der Waals surface area contributed by atoms with Crippen molar-refractivity contribution in [3.05, 3.63) is 77.6 Å². The second-order valence-electron chi connectivity index (χ2n) is 7.27. The molecule has 0 fully saturated rings. The van der Waals surface area contributed by atoms with E-state index in [1.165, 1.54) is 18.7 Å². The molecule has 2 heterocycles. The number of thioether (sulfide) groups is 1. The van der Waals surface area contributed by atoms with Gasteiger partial charge in [0.15, 0.2) is 5.78 Å². The van der Waals surface area contributed by atoms with Crippen LogP contribution in [-0.4, -0.2) is 42.2 Å². The Hall–Kier alpha value is -3.72. The Morgan fingerprint density at radius 2 is 1.75 bits per heavy atom. The molecule has 0 atom stereocenters. The van der Waals surface area contributed by atoms with E-state index in [1.54, 1.807) is 22.9 Å². The van der Waals surface area contributed by atoms with E-state index < -0.39 is 0 Å². The van der Waals surface area contributed by atoms with Crippen molar-refractivity contribution in [2.24, 2.45) is 0 Å². The number of hydrogen-bond donors (Lipinski definition) is 1. The minimum atomic E-state index is -0.160. The summed E-state index contributed by atoms with van der Waals surface area (Å²) < 4.78 is 3.63. The highest BCUT2D eigenvalue weighted by molar-refractivity contribution is 7.99. The molecule has 0 aliphatic carbocycles. The van der Waals surface area contributed by atoms with Crippen molar-refractivity contribution >= 4 is 29.1 Å². The molecule has 2 aromatic carbocycles. The SMILES string of the molecule is CC(=O)Nc1cccc(-n2nnnc2SCC(=O)c2cc(C)n(-c3ccccc3)c2C)c1. The molecule has 0 bridgehead atoms. The molecule has 1 amide bonds. The molecule has 0 aliphatic heterocycles. The Bertz CT molecular complexity index is 1280. The normalized spacial score (nSPS) is 10.8. The zero-order valence-corrected chi connectivity index (χ0v) is 18.8. The monoisotopic (exact) mass is 446 g/mol. The van der Waals surface area contributed by atoms with E-state index in [4.69, 9.17) is 0 Å². The lowest BCUT2D eigenvalue weighted by Crippen LogP contribution is -2.08. The van der Waals surface area contributed by atoms with Gasteiger partial charge in [0.2, 0.25) is 11.1 Å². The maximum atomic E-state index is 13.0. The van der Waals surface area contributed by atoms with Gasteiger partial charge in [0.05, 0.1) is 11.4 Å². The van der Waals surface area contributed by atoms with E-state index >= 15 is 0 Å². The van der Waals surface area contributed by atoms with Gasteiger partial charge in [0, 0.05) is 35.2 Å². The van der Waals surface area contributed by atoms with E-state index in [0.717, 1.165) is 17.1 Å². The Morgan fingerprint density at radius 3 is 2.50 bits per heavy atom. The number of anilines is 1. The van der Waals surface area contributed by atoms with Crippen molar-refractivity contribution in [2.45, 2.75) is 25.9 Å². The summed E-state index contributed by atoms with van der Waals surface area (Å²) in [7, 11) is 0. The van der Waals surface area contributed by atoms with Crippen LogP contribution in [0, 0.1) is 13.8 Å². The third-order valence-corrected chi connectivity index (χ3v) is 5.85. The zero-order valence-electron chi connectivity index (χ0n) is 17.9. The number of nitrogens with one attached hydrogen (secondary N) is 1. The van der Waals surface area contributed by atoms with Gasteiger partial charge in [0.1, 0.15) is 0 Å². The predicted molar refractivity (Wildman–Crippen MR) is 124 cm³/mol. The molecule has 0 saturated carbocycles. The van der Waals surface area contributed by atoms with Crippen LogP contribution < -0.4 is 5.32 Å².